The standard InChI is InChI=1S/C32H37Cl2N3O4S/c1-35(30(36-19-15-26(38)16-20-36)22-42(40,41)27-11-6-3-7-12-27)32(25-13-14-28(33)29(34)21-25)17-8-18-37(23-32)31(39)24-9-4-2-5-10-24/h2-7,9-14,21,26,30,38H,8,15-20,22-23H2,1H3. The fourth-order valence-corrected chi connectivity index (χ4v) is 8.23. The van der Waals surface area contributed by atoms with Crippen LogP contribution >= 0.6 is 23.2 Å². The van der Waals surface area contributed by atoms with Gasteiger partial charge in [0.05, 0.1) is 38.5 Å². The Balaban J connectivity index is 1.58. The zero-order valence-corrected chi connectivity index (χ0v) is 26.0. The van der Waals surface area contributed by atoms with Crippen LogP contribution in [0.3, 0.4) is 0 Å². The van der Waals surface area contributed by atoms with Crippen molar-refractivity contribution in [3.05, 3.63) is 100 Å². The minimum atomic E-state index is -3.68. The van der Waals surface area contributed by atoms with Gasteiger partial charge in [-0.3, -0.25) is 14.6 Å². The largest absolute Gasteiger partial charge is 0.393 e. The van der Waals surface area contributed by atoms with Crippen LogP contribution in [0.25, 0.3) is 0 Å². The SMILES string of the molecule is CN(C(CS(=O)(=O)c1ccccc1)N1CCC(O)CC1)C1(c2ccc(Cl)c(Cl)c2)CCCN(C(=O)c2ccccc2)C1. The maximum atomic E-state index is 13.8. The van der Waals surface area contributed by atoms with E-state index in [1.807, 2.05) is 54.4 Å². The minimum Gasteiger partial charge on any atom is -0.393 e. The smallest absolute Gasteiger partial charge is 0.253 e. The molecule has 0 aromatic heterocycles. The number of hydrogen-bond donors (Lipinski definition) is 1. The van der Waals surface area contributed by atoms with Crippen molar-refractivity contribution in [2.24, 2.45) is 0 Å². The molecule has 0 radical (unpaired) electrons. The number of nitrogens with zero attached hydrogens (tertiary/aromatic N) is 3. The maximum Gasteiger partial charge on any atom is 0.253 e. The summed E-state index contributed by atoms with van der Waals surface area (Å²) in [6.45, 7) is 2.07. The molecule has 10 heteroatoms. The average Bonchev–Trinajstić information content (AvgIpc) is 3.02. The summed E-state index contributed by atoms with van der Waals surface area (Å²) in [6.07, 6.45) is 1.61. The molecule has 0 saturated carbocycles. The van der Waals surface area contributed by atoms with E-state index in [2.05, 4.69) is 9.80 Å². The van der Waals surface area contributed by atoms with E-state index in [1.165, 1.54) is 0 Å². The lowest BCUT2D eigenvalue weighted by atomic mass is 9.80. The van der Waals surface area contributed by atoms with E-state index < -0.39 is 27.6 Å². The molecule has 5 rings (SSSR count). The molecule has 2 heterocycles. The van der Waals surface area contributed by atoms with E-state index in [0.29, 0.717) is 61.1 Å². The summed E-state index contributed by atoms with van der Waals surface area (Å²) >= 11 is 12.9. The number of aliphatic hydroxyl groups is 1. The first-order valence-electron chi connectivity index (χ1n) is 14.3. The van der Waals surface area contributed by atoms with Gasteiger partial charge in [0, 0.05) is 31.7 Å². The van der Waals surface area contributed by atoms with Crippen molar-refractivity contribution >= 4 is 38.9 Å². The summed E-state index contributed by atoms with van der Waals surface area (Å²) in [5.41, 5.74) is 0.742. The van der Waals surface area contributed by atoms with E-state index in [1.54, 1.807) is 36.4 Å². The van der Waals surface area contributed by atoms with Crippen LogP contribution in [0.15, 0.2) is 83.8 Å². The Kier molecular flexibility index (Phi) is 9.62. The number of likely N-dealkylation sites (N-methyl/N-ethyl adjacent to an activating group) is 1. The first kappa shape index (κ1) is 31.0. The molecule has 0 aliphatic carbocycles. The van der Waals surface area contributed by atoms with Gasteiger partial charge in [0.1, 0.15) is 0 Å². The highest BCUT2D eigenvalue weighted by atomic mass is 35.5. The number of halogens is 2. The zero-order valence-electron chi connectivity index (χ0n) is 23.7. The van der Waals surface area contributed by atoms with E-state index >= 15 is 0 Å². The Hall–Kier alpha value is -2.46. The van der Waals surface area contributed by atoms with Gasteiger partial charge < -0.3 is 10.0 Å². The number of piperidine rings is 2. The lowest BCUT2D eigenvalue weighted by Gasteiger charge is -2.53. The molecule has 1 amide bonds. The fourth-order valence-electron chi connectivity index (χ4n) is 6.34. The Morgan fingerprint density at radius 1 is 0.976 bits per heavy atom. The van der Waals surface area contributed by atoms with Crippen molar-refractivity contribution in [3.63, 3.8) is 0 Å². The lowest BCUT2D eigenvalue weighted by Crippen LogP contribution is -2.64. The van der Waals surface area contributed by atoms with Gasteiger partial charge in [-0.15, -0.1) is 0 Å². The van der Waals surface area contributed by atoms with Crippen LogP contribution in [0, 0.1) is 0 Å². The molecule has 1 N–H and O–H groups in total. The monoisotopic (exact) mass is 629 g/mol. The van der Waals surface area contributed by atoms with Crippen LogP contribution in [-0.2, 0) is 15.4 Å². The first-order chi connectivity index (χ1) is 20.1. The summed E-state index contributed by atoms with van der Waals surface area (Å²) < 4.78 is 27.7. The summed E-state index contributed by atoms with van der Waals surface area (Å²) in [6, 6.07) is 23.3. The second-order valence-electron chi connectivity index (χ2n) is 11.3. The Labute approximate surface area is 258 Å². The number of amides is 1. The number of likely N-dealkylation sites (tertiary alicyclic amines) is 2. The topological polar surface area (TPSA) is 81.2 Å². The fraction of sp³-hybridized carbons (Fsp3) is 0.406. The van der Waals surface area contributed by atoms with Gasteiger partial charge in [0.15, 0.2) is 9.84 Å². The van der Waals surface area contributed by atoms with E-state index in [0.717, 1.165) is 12.0 Å². The Morgan fingerprint density at radius 3 is 2.26 bits per heavy atom. The maximum absolute atomic E-state index is 13.8. The van der Waals surface area contributed by atoms with Crippen molar-refractivity contribution < 1.29 is 18.3 Å². The Morgan fingerprint density at radius 2 is 1.62 bits per heavy atom. The Bertz CT molecular complexity index is 1480. The molecular weight excluding hydrogens is 593 g/mol. The lowest BCUT2D eigenvalue weighted by molar-refractivity contribution is -0.0587. The minimum absolute atomic E-state index is 0.0670. The van der Waals surface area contributed by atoms with Gasteiger partial charge in [-0.1, -0.05) is 65.7 Å². The highest BCUT2D eigenvalue weighted by Crippen LogP contribution is 2.41. The molecule has 0 spiro atoms. The molecular formula is C32H37Cl2N3O4S. The van der Waals surface area contributed by atoms with Crippen molar-refractivity contribution in [2.45, 2.75) is 48.4 Å². The van der Waals surface area contributed by atoms with Crippen LogP contribution in [-0.4, -0.2) is 85.4 Å². The number of carbonyl (C=O) groups is 1. The number of carbonyl (C=O) groups excluding carboxylic acids is 1. The molecule has 2 aliphatic rings. The number of aliphatic hydroxyl groups excluding tert-OH is 1. The molecule has 2 aliphatic heterocycles. The molecule has 2 unspecified atom stereocenters. The molecule has 224 valence electrons. The van der Waals surface area contributed by atoms with E-state index in [9.17, 15) is 18.3 Å². The van der Waals surface area contributed by atoms with Crippen molar-refractivity contribution in [1.82, 2.24) is 14.7 Å². The third kappa shape index (κ3) is 6.54. The predicted molar refractivity (Wildman–Crippen MR) is 167 cm³/mol. The highest BCUT2D eigenvalue weighted by Gasteiger charge is 2.47. The second kappa shape index (κ2) is 13.0. The number of benzene rings is 3. The summed E-state index contributed by atoms with van der Waals surface area (Å²) in [4.78, 5) is 20.1. The van der Waals surface area contributed by atoms with Gasteiger partial charge in [0.2, 0.25) is 0 Å². The van der Waals surface area contributed by atoms with Crippen LogP contribution in [0.4, 0.5) is 0 Å². The normalized spacial score (nSPS) is 21.4. The molecule has 2 fully saturated rings. The van der Waals surface area contributed by atoms with Crippen LogP contribution < -0.4 is 0 Å². The summed E-state index contributed by atoms with van der Waals surface area (Å²) in [5, 5.41) is 11.1. The third-order valence-corrected chi connectivity index (χ3v) is 11.2. The molecule has 3 aromatic rings. The zero-order chi connectivity index (χ0) is 29.9. The van der Waals surface area contributed by atoms with Gasteiger partial charge in [-0.2, -0.15) is 0 Å². The number of hydrogen-bond acceptors (Lipinski definition) is 6. The van der Waals surface area contributed by atoms with Crippen LogP contribution in [0.5, 0.6) is 0 Å². The molecule has 2 atom stereocenters. The first-order valence-corrected chi connectivity index (χ1v) is 16.7. The van der Waals surface area contributed by atoms with Gasteiger partial charge in [-0.25, -0.2) is 8.42 Å². The van der Waals surface area contributed by atoms with Gasteiger partial charge in [0.25, 0.3) is 5.91 Å². The summed E-state index contributed by atoms with van der Waals surface area (Å²) in [7, 11) is -1.72. The molecule has 0 bridgehead atoms. The van der Waals surface area contributed by atoms with Crippen molar-refractivity contribution in [2.75, 3.05) is 39.0 Å². The van der Waals surface area contributed by atoms with Crippen molar-refractivity contribution in [1.29, 1.82) is 0 Å². The number of rotatable bonds is 8. The van der Waals surface area contributed by atoms with Gasteiger partial charge in [-0.05, 0) is 74.7 Å². The van der Waals surface area contributed by atoms with E-state index in [-0.39, 0.29) is 16.6 Å². The predicted octanol–water partition coefficient (Wildman–Crippen LogP) is 5.31. The molecule has 2 saturated heterocycles. The number of sulfone groups is 1. The van der Waals surface area contributed by atoms with E-state index in [4.69, 9.17) is 23.2 Å². The van der Waals surface area contributed by atoms with Gasteiger partial charge >= 0.3 is 0 Å². The van der Waals surface area contributed by atoms with Crippen LogP contribution in [0.1, 0.15) is 41.6 Å². The third-order valence-electron chi connectivity index (χ3n) is 8.75. The van der Waals surface area contributed by atoms with Crippen LogP contribution in [0.2, 0.25) is 10.0 Å². The average molecular weight is 631 g/mol. The molecule has 3 aromatic carbocycles. The summed E-state index contributed by atoms with van der Waals surface area (Å²) in [5.74, 6) is -0.207. The van der Waals surface area contributed by atoms with Crippen molar-refractivity contribution in [3.8, 4) is 0 Å². The second-order valence-corrected chi connectivity index (χ2v) is 14.2. The molecule has 42 heavy (non-hydrogen) atoms. The highest BCUT2D eigenvalue weighted by molar-refractivity contribution is 7.91. The quantitative estimate of drug-likeness (QED) is 0.364. The molecule has 7 nitrogen and oxygen atoms in total.